The summed E-state index contributed by atoms with van der Waals surface area (Å²) in [6.07, 6.45) is 0. The van der Waals surface area contributed by atoms with Gasteiger partial charge in [0.25, 0.3) is 5.91 Å². The van der Waals surface area contributed by atoms with Crippen LogP contribution in [0.15, 0.2) is 88.1 Å². The molecule has 1 N–H and O–H groups in total. The highest BCUT2D eigenvalue weighted by Crippen LogP contribution is 2.16. The molecule has 1 amide bonds. The molecule has 0 bridgehead atoms. The summed E-state index contributed by atoms with van der Waals surface area (Å²) < 4.78 is 19.0. The van der Waals surface area contributed by atoms with Gasteiger partial charge in [-0.1, -0.05) is 18.2 Å². The van der Waals surface area contributed by atoms with Crippen LogP contribution in [0.4, 0.5) is 10.1 Å². The van der Waals surface area contributed by atoms with Crippen molar-refractivity contribution in [2.24, 2.45) is 0 Å². The molecule has 3 aromatic carbocycles. The lowest BCUT2D eigenvalue weighted by molar-refractivity contribution is 0.0964. The fourth-order valence-corrected chi connectivity index (χ4v) is 2.87. The SMILES string of the molecule is O=C(Cn1nc(-c2ccc(F)cc2)oc1=O)c1ccc(NC(=O)c2ccccc2)cc1. The van der Waals surface area contributed by atoms with Gasteiger partial charge in [-0.3, -0.25) is 9.59 Å². The van der Waals surface area contributed by atoms with Gasteiger partial charge in [0, 0.05) is 22.4 Å². The second kappa shape index (κ2) is 8.58. The van der Waals surface area contributed by atoms with Gasteiger partial charge in [0.1, 0.15) is 12.4 Å². The predicted molar refractivity (Wildman–Crippen MR) is 111 cm³/mol. The summed E-state index contributed by atoms with van der Waals surface area (Å²) in [7, 11) is 0. The van der Waals surface area contributed by atoms with Crippen molar-refractivity contribution in [2.75, 3.05) is 5.32 Å². The molecule has 1 aromatic heterocycles. The van der Waals surface area contributed by atoms with E-state index < -0.39 is 11.6 Å². The summed E-state index contributed by atoms with van der Waals surface area (Å²) >= 11 is 0. The molecule has 4 rings (SSSR count). The first-order valence-corrected chi connectivity index (χ1v) is 9.33. The molecule has 0 saturated carbocycles. The minimum Gasteiger partial charge on any atom is -0.388 e. The quantitative estimate of drug-likeness (QED) is 0.482. The van der Waals surface area contributed by atoms with Crippen molar-refractivity contribution in [3.8, 4) is 11.5 Å². The van der Waals surface area contributed by atoms with Crippen LogP contribution in [0.25, 0.3) is 11.5 Å². The monoisotopic (exact) mass is 417 g/mol. The molecule has 0 spiro atoms. The Labute approximate surface area is 175 Å². The zero-order valence-corrected chi connectivity index (χ0v) is 16.1. The van der Waals surface area contributed by atoms with Crippen LogP contribution in [-0.2, 0) is 6.54 Å². The number of nitrogens with one attached hydrogen (secondary N) is 1. The molecule has 154 valence electrons. The molecule has 1 heterocycles. The van der Waals surface area contributed by atoms with Gasteiger partial charge in [-0.2, -0.15) is 4.68 Å². The Morgan fingerprint density at radius 1 is 0.903 bits per heavy atom. The molecule has 0 fully saturated rings. The number of nitrogens with zero attached hydrogens (tertiary/aromatic N) is 2. The van der Waals surface area contributed by atoms with E-state index in [1.54, 1.807) is 48.5 Å². The first-order chi connectivity index (χ1) is 15.0. The van der Waals surface area contributed by atoms with Gasteiger partial charge in [-0.15, -0.1) is 5.10 Å². The number of hydrogen-bond acceptors (Lipinski definition) is 5. The lowest BCUT2D eigenvalue weighted by Crippen LogP contribution is -2.21. The van der Waals surface area contributed by atoms with Gasteiger partial charge in [-0.05, 0) is 60.7 Å². The van der Waals surface area contributed by atoms with Crippen LogP contribution in [0.3, 0.4) is 0 Å². The highest BCUT2D eigenvalue weighted by Gasteiger charge is 2.15. The van der Waals surface area contributed by atoms with Gasteiger partial charge in [0.2, 0.25) is 5.89 Å². The van der Waals surface area contributed by atoms with E-state index in [4.69, 9.17) is 4.42 Å². The van der Waals surface area contributed by atoms with Crippen LogP contribution in [0, 0.1) is 5.82 Å². The third-order valence-electron chi connectivity index (χ3n) is 4.49. The van der Waals surface area contributed by atoms with Crippen molar-refractivity contribution in [1.29, 1.82) is 0 Å². The largest absolute Gasteiger partial charge is 0.437 e. The van der Waals surface area contributed by atoms with Gasteiger partial charge in [0.15, 0.2) is 5.78 Å². The Kier molecular flexibility index (Phi) is 5.53. The predicted octanol–water partition coefficient (Wildman–Crippen LogP) is 3.78. The summed E-state index contributed by atoms with van der Waals surface area (Å²) in [4.78, 5) is 36.7. The van der Waals surface area contributed by atoms with E-state index in [1.165, 1.54) is 24.3 Å². The second-order valence-electron chi connectivity index (χ2n) is 6.66. The number of Topliss-reactive ketones (excluding diaryl/α,β-unsaturated/α-hetero) is 1. The lowest BCUT2D eigenvalue weighted by Gasteiger charge is -2.06. The number of amides is 1. The zero-order chi connectivity index (χ0) is 21.8. The fourth-order valence-electron chi connectivity index (χ4n) is 2.87. The summed E-state index contributed by atoms with van der Waals surface area (Å²) in [5, 5.41) is 6.75. The average molecular weight is 417 g/mol. The van der Waals surface area contributed by atoms with Crippen molar-refractivity contribution in [1.82, 2.24) is 9.78 Å². The molecule has 4 aromatic rings. The highest BCUT2D eigenvalue weighted by molar-refractivity contribution is 6.04. The molecule has 0 unspecified atom stereocenters. The van der Waals surface area contributed by atoms with Gasteiger partial charge >= 0.3 is 5.76 Å². The third kappa shape index (κ3) is 4.64. The normalized spacial score (nSPS) is 10.6. The Morgan fingerprint density at radius 2 is 1.58 bits per heavy atom. The molecular formula is C23H16FN3O4. The molecule has 0 saturated heterocycles. The van der Waals surface area contributed by atoms with E-state index in [-0.39, 0.29) is 24.1 Å². The summed E-state index contributed by atoms with van der Waals surface area (Å²) in [5.74, 6) is -1.84. The number of hydrogen-bond donors (Lipinski definition) is 1. The maximum Gasteiger partial charge on any atom is 0.437 e. The molecule has 0 atom stereocenters. The Morgan fingerprint density at radius 3 is 2.26 bits per heavy atom. The fraction of sp³-hybridized carbons (Fsp3) is 0.0435. The summed E-state index contributed by atoms with van der Waals surface area (Å²) in [6, 6.07) is 20.3. The molecule has 0 aliphatic heterocycles. The van der Waals surface area contributed by atoms with Crippen molar-refractivity contribution >= 4 is 17.4 Å². The second-order valence-corrected chi connectivity index (χ2v) is 6.66. The van der Waals surface area contributed by atoms with E-state index in [2.05, 4.69) is 10.4 Å². The van der Waals surface area contributed by atoms with Crippen molar-refractivity contribution in [2.45, 2.75) is 6.54 Å². The van der Waals surface area contributed by atoms with Crippen LogP contribution in [0.2, 0.25) is 0 Å². The van der Waals surface area contributed by atoms with Crippen LogP contribution < -0.4 is 11.1 Å². The van der Waals surface area contributed by atoms with Gasteiger partial charge in [0.05, 0.1) is 0 Å². The number of ketones is 1. The smallest absolute Gasteiger partial charge is 0.388 e. The van der Waals surface area contributed by atoms with Crippen LogP contribution >= 0.6 is 0 Å². The summed E-state index contributed by atoms with van der Waals surface area (Å²) in [6.45, 7) is -0.320. The van der Waals surface area contributed by atoms with Crippen molar-refractivity contribution in [3.63, 3.8) is 0 Å². The van der Waals surface area contributed by atoms with Crippen LogP contribution in [0.5, 0.6) is 0 Å². The topological polar surface area (TPSA) is 94.2 Å². The molecule has 0 aliphatic rings. The minimum absolute atomic E-state index is 0.00299. The number of carbonyl (C=O) groups excluding carboxylic acids is 2. The minimum atomic E-state index is -0.792. The number of carbonyl (C=O) groups is 2. The number of aromatic nitrogens is 2. The number of anilines is 1. The van der Waals surface area contributed by atoms with E-state index in [0.29, 0.717) is 22.4 Å². The average Bonchev–Trinajstić information content (AvgIpc) is 3.15. The molecule has 0 radical (unpaired) electrons. The van der Waals surface area contributed by atoms with Crippen molar-refractivity contribution < 1.29 is 18.4 Å². The van der Waals surface area contributed by atoms with Gasteiger partial charge in [-0.25, -0.2) is 9.18 Å². The standard InChI is InChI=1S/C23H16FN3O4/c24-18-10-6-17(7-11-18)22-26-27(23(30)31-22)14-20(28)15-8-12-19(13-9-15)25-21(29)16-4-2-1-3-5-16/h1-13H,14H2,(H,25,29). The van der Waals surface area contributed by atoms with Gasteiger partial charge < -0.3 is 9.73 Å². The maximum atomic E-state index is 13.0. The highest BCUT2D eigenvalue weighted by atomic mass is 19.1. The Balaban J connectivity index is 1.44. The Bertz CT molecular complexity index is 1280. The number of halogens is 1. The number of rotatable bonds is 6. The zero-order valence-electron chi connectivity index (χ0n) is 16.1. The first kappa shape index (κ1) is 20.0. The molecule has 0 aliphatic carbocycles. The molecule has 31 heavy (non-hydrogen) atoms. The molecule has 7 nitrogen and oxygen atoms in total. The van der Waals surface area contributed by atoms with E-state index >= 15 is 0 Å². The third-order valence-corrected chi connectivity index (χ3v) is 4.49. The first-order valence-electron chi connectivity index (χ1n) is 9.33. The van der Waals surface area contributed by atoms with Crippen LogP contribution in [-0.4, -0.2) is 21.5 Å². The Hall–Kier alpha value is -4.33. The maximum absolute atomic E-state index is 13.0. The van der Waals surface area contributed by atoms with Crippen LogP contribution in [0.1, 0.15) is 20.7 Å². The van der Waals surface area contributed by atoms with Crippen molar-refractivity contribution in [3.05, 3.63) is 106 Å². The molecular weight excluding hydrogens is 401 g/mol. The van der Waals surface area contributed by atoms with E-state index in [9.17, 15) is 18.8 Å². The lowest BCUT2D eigenvalue weighted by atomic mass is 10.1. The summed E-state index contributed by atoms with van der Waals surface area (Å²) in [5.41, 5.74) is 1.81. The number of benzene rings is 3. The molecule has 8 heteroatoms. The van der Waals surface area contributed by atoms with E-state index in [1.807, 2.05) is 6.07 Å². The van der Waals surface area contributed by atoms with E-state index in [0.717, 1.165) is 4.68 Å².